The van der Waals surface area contributed by atoms with Crippen LogP contribution < -0.4 is 11.5 Å². The van der Waals surface area contributed by atoms with E-state index in [-0.39, 0.29) is 6.01 Å². The van der Waals surface area contributed by atoms with Crippen LogP contribution in [0.15, 0.2) is 34.9 Å². The van der Waals surface area contributed by atoms with Crippen LogP contribution in [-0.2, 0) is 0 Å². The van der Waals surface area contributed by atoms with Crippen molar-refractivity contribution in [3.63, 3.8) is 0 Å². The smallest absolute Gasteiger partial charge is 0.292 e. The van der Waals surface area contributed by atoms with Gasteiger partial charge in [0.05, 0.1) is 6.20 Å². The minimum absolute atomic E-state index is 0.151. The summed E-state index contributed by atoms with van der Waals surface area (Å²) in [7, 11) is 0. The molecule has 0 amide bonds. The van der Waals surface area contributed by atoms with E-state index in [9.17, 15) is 0 Å². The van der Waals surface area contributed by atoms with Gasteiger partial charge >= 0.3 is 0 Å². The van der Waals surface area contributed by atoms with Crippen molar-refractivity contribution in [2.75, 3.05) is 11.5 Å². The molecule has 0 aliphatic heterocycles. The van der Waals surface area contributed by atoms with E-state index >= 15 is 0 Å². The van der Waals surface area contributed by atoms with Gasteiger partial charge in [0.15, 0.2) is 5.76 Å². The Morgan fingerprint density at radius 1 is 1.15 bits per heavy atom. The molecular formula is C9H9N3O. The lowest BCUT2D eigenvalue weighted by Crippen LogP contribution is -1.87. The number of aromatic nitrogens is 1. The maximum atomic E-state index is 5.73. The summed E-state index contributed by atoms with van der Waals surface area (Å²) in [5.41, 5.74) is 12.5. The van der Waals surface area contributed by atoms with Crippen molar-refractivity contribution in [1.29, 1.82) is 0 Å². The van der Waals surface area contributed by atoms with Crippen LogP contribution in [0.3, 0.4) is 0 Å². The molecule has 2 aromatic rings. The van der Waals surface area contributed by atoms with Crippen molar-refractivity contribution >= 4 is 11.7 Å². The van der Waals surface area contributed by atoms with E-state index in [1.165, 1.54) is 0 Å². The molecule has 0 fully saturated rings. The molecular weight excluding hydrogens is 166 g/mol. The van der Waals surface area contributed by atoms with E-state index in [4.69, 9.17) is 15.9 Å². The number of nitrogens with two attached hydrogens (primary N) is 2. The van der Waals surface area contributed by atoms with Crippen molar-refractivity contribution in [2.24, 2.45) is 0 Å². The molecule has 4 heteroatoms. The van der Waals surface area contributed by atoms with Crippen LogP contribution in [0.1, 0.15) is 0 Å². The second-order valence-corrected chi connectivity index (χ2v) is 2.65. The van der Waals surface area contributed by atoms with Gasteiger partial charge in [-0.15, -0.1) is 0 Å². The number of hydrogen-bond acceptors (Lipinski definition) is 4. The molecule has 13 heavy (non-hydrogen) atoms. The number of hydrogen-bond donors (Lipinski definition) is 2. The molecule has 1 heterocycles. The largest absolute Gasteiger partial charge is 0.424 e. The van der Waals surface area contributed by atoms with Crippen LogP contribution in [0, 0.1) is 0 Å². The average Bonchev–Trinajstić information content (AvgIpc) is 2.53. The van der Waals surface area contributed by atoms with Crippen LogP contribution in [0.5, 0.6) is 0 Å². The van der Waals surface area contributed by atoms with Crippen LogP contribution in [-0.4, -0.2) is 4.98 Å². The molecule has 1 aromatic heterocycles. The molecule has 2 rings (SSSR count). The second kappa shape index (κ2) is 2.82. The Morgan fingerprint density at radius 2 is 1.92 bits per heavy atom. The van der Waals surface area contributed by atoms with E-state index in [1.54, 1.807) is 12.3 Å². The molecule has 0 radical (unpaired) electrons. The first-order chi connectivity index (χ1) is 6.27. The molecule has 4 N–H and O–H groups in total. The lowest BCUT2D eigenvalue weighted by molar-refractivity contribution is 0.595. The van der Waals surface area contributed by atoms with E-state index in [1.807, 2.05) is 18.2 Å². The van der Waals surface area contributed by atoms with Crippen LogP contribution in [0.4, 0.5) is 11.7 Å². The van der Waals surface area contributed by atoms with Gasteiger partial charge in [-0.2, -0.15) is 0 Å². The molecule has 0 saturated carbocycles. The molecule has 0 saturated heterocycles. The Hall–Kier alpha value is -1.97. The normalized spacial score (nSPS) is 10.2. The Balaban J connectivity index is 2.52. The third-order valence-electron chi connectivity index (χ3n) is 1.75. The first-order valence-electron chi connectivity index (χ1n) is 3.83. The highest BCUT2D eigenvalue weighted by atomic mass is 16.4. The fraction of sp³-hybridized carbons (Fsp3) is 0. The number of nitrogens with zero attached hydrogens (tertiary/aromatic N) is 1. The summed E-state index contributed by atoms with van der Waals surface area (Å²) in [5, 5.41) is 0. The van der Waals surface area contributed by atoms with Gasteiger partial charge in [0.2, 0.25) is 0 Å². The predicted octanol–water partition coefficient (Wildman–Crippen LogP) is 1.51. The highest BCUT2D eigenvalue weighted by Crippen LogP contribution is 2.26. The summed E-state index contributed by atoms with van der Waals surface area (Å²) in [5.74, 6) is 0.593. The quantitative estimate of drug-likeness (QED) is 0.644. The number of rotatable bonds is 1. The highest BCUT2D eigenvalue weighted by Gasteiger charge is 2.05. The first kappa shape index (κ1) is 7.67. The number of anilines is 2. The van der Waals surface area contributed by atoms with Crippen molar-refractivity contribution < 1.29 is 4.42 Å². The van der Waals surface area contributed by atoms with Gasteiger partial charge < -0.3 is 15.9 Å². The molecule has 0 spiro atoms. The van der Waals surface area contributed by atoms with E-state index in [0.29, 0.717) is 11.4 Å². The van der Waals surface area contributed by atoms with Crippen LogP contribution in [0.25, 0.3) is 11.3 Å². The summed E-state index contributed by atoms with van der Waals surface area (Å²) >= 11 is 0. The van der Waals surface area contributed by atoms with Gasteiger partial charge in [0.1, 0.15) is 0 Å². The fourth-order valence-electron chi connectivity index (χ4n) is 1.13. The SMILES string of the molecule is Nc1ncc(-c2ccccc2N)o1. The lowest BCUT2D eigenvalue weighted by Gasteiger charge is -1.99. The van der Waals surface area contributed by atoms with Gasteiger partial charge in [-0.3, -0.25) is 0 Å². The Bertz CT molecular complexity index is 422. The fourth-order valence-corrected chi connectivity index (χ4v) is 1.13. The summed E-state index contributed by atoms with van der Waals surface area (Å²) in [6, 6.07) is 7.55. The van der Waals surface area contributed by atoms with E-state index in [0.717, 1.165) is 5.56 Å². The topological polar surface area (TPSA) is 78.1 Å². The Labute approximate surface area is 75.2 Å². The molecule has 66 valence electrons. The molecule has 0 atom stereocenters. The standard InChI is InChI=1S/C9H9N3O/c10-7-4-2-1-3-6(7)8-5-12-9(11)13-8/h1-5H,10H2,(H2,11,12). The summed E-state index contributed by atoms with van der Waals surface area (Å²) in [6.45, 7) is 0. The Kier molecular flexibility index (Phi) is 1.66. The lowest BCUT2D eigenvalue weighted by atomic mass is 10.1. The van der Waals surface area contributed by atoms with Gasteiger partial charge in [0, 0.05) is 11.3 Å². The molecule has 0 aliphatic rings. The number of benzene rings is 1. The predicted molar refractivity (Wildman–Crippen MR) is 50.8 cm³/mol. The molecule has 0 bridgehead atoms. The van der Waals surface area contributed by atoms with Gasteiger partial charge in [0.25, 0.3) is 6.01 Å². The minimum atomic E-state index is 0.151. The van der Waals surface area contributed by atoms with Crippen molar-refractivity contribution in [1.82, 2.24) is 4.98 Å². The number of oxazole rings is 1. The maximum Gasteiger partial charge on any atom is 0.292 e. The van der Waals surface area contributed by atoms with Crippen molar-refractivity contribution in [3.8, 4) is 11.3 Å². The van der Waals surface area contributed by atoms with Crippen LogP contribution in [0.2, 0.25) is 0 Å². The third kappa shape index (κ3) is 1.33. The second-order valence-electron chi connectivity index (χ2n) is 2.65. The van der Waals surface area contributed by atoms with E-state index in [2.05, 4.69) is 4.98 Å². The highest BCUT2D eigenvalue weighted by molar-refractivity contribution is 5.72. The van der Waals surface area contributed by atoms with Crippen molar-refractivity contribution in [3.05, 3.63) is 30.5 Å². The average molecular weight is 175 g/mol. The summed E-state index contributed by atoms with van der Waals surface area (Å²) in [4.78, 5) is 3.79. The van der Waals surface area contributed by atoms with Gasteiger partial charge in [-0.1, -0.05) is 12.1 Å². The van der Waals surface area contributed by atoms with Crippen LogP contribution >= 0.6 is 0 Å². The molecule has 1 aromatic carbocycles. The molecule has 4 nitrogen and oxygen atoms in total. The van der Waals surface area contributed by atoms with Crippen molar-refractivity contribution in [2.45, 2.75) is 0 Å². The maximum absolute atomic E-state index is 5.73. The molecule has 0 unspecified atom stereocenters. The number of nitrogen functional groups attached to an aromatic ring is 2. The summed E-state index contributed by atoms with van der Waals surface area (Å²) in [6.07, 6.45) is 1.56. The third-order valence-corrected chi connectivity index (χ3v) is 1.75. The zero-order valence-electron chi connectivity index (χ0n) is 6.90. The minimum Gasteiger partial charge on any atom is -0.424 e. The zero-order valence-corrected chi connectivity index (χ0v) is 6.90. The number of para-hydroxylation sites is 1. The van der Waals surface area contributed by atoms with Gasteiger partial charge in [-0.25, -0.2) is 4.98 Å². The zero-order chi connectivity index (χ0) is 9.26. The molecule has 0 aliphatic carbocycles. The van der Waals surface area contributed by atoms with Gasteiger partial charge in [-0.05, 0) is 12.1 Å². The monoisotopic (exact) mass is 175 g/mol. The Morgan fingerprint density at radius 3 is 2.54 bits per heavy atom. The summed E-state index contributed by atoms with van der Waals surface area (Å²) < 4.78 is 5.14. The first-order valence-corrected chi connectivity index (χ1v) is 3.83. The van der Waals surface area contributed by atoms with E-state index < -0.39 is 0 Å².